The van der Waals surface area contributed by atoms with Crippen LogP contribution in [-0.4, -0.2) is 28.4 Å². The molecule has 0 heterocycles. The van der Waals surface area contributed by atoms with Gasteiger partial charge in [-0.25, -0.2) is 0 Å². The van der Waals surface area contributed by atoms with Gasteiger partial charge in [0.2, 0.25) is 0 Å². The van der Waals surface area contributed by atoms with Gasteiger partial charge in [0.25, 0.3) is 0 Å². The Morgan fingerprint density at radius 3 is 1.94 bits per heavy atom. The number of hydrogen-bond donors (Lipinski definition) is 0. The summed E-state index contributed by atoms with van der Waals surface area (Å²) in [5.74, 6) is 2.77. The second kappa shape index (κ2) is 9.92. The van der Waals surface area contributed by atoms with E-state index in [1.807, 2.05) is 18.2 Å². The van der Waals surface area contributed by atoms with Crippen molar-refractivity contribution in [2.24, 2.45) is 0 Å². The Balaban J connectivity index is 2.05. The zero-order valence-electron chi connectivity index (χ0n) is 20.4. The van der Waals surface area contributed by atoms with Crippen molar-refractivity contribution >= 4 is 16.8 Å². The maximum Gasteiger partial charge on any atom is 0.168 e. The van der Waals surface area contributed by atoms with Crippen molar-refractivity contribution in [2.75, 3.05) is 28.4 Å². The summed E-state index contributed by atoms with van der Waals surface area (Å²) in [6.45, 7) is 6.20. The summed E-state index contributed by atoms with van der Waals surface area (Å²) >= 11 is 0. The first-order valence-corrected chi connectivity index (χ1v) is 11.2. The molecule has 0 saturated heterocycles. The molecule has 0 aromatic heterocycles. The van der Waals surface area contributed by atoms with Crippen LogP contribution in [0.1, 0.15) is 22.3 Å². The number of hydrogen-bond acceptors (Lipinski definition) is 4. The predicted octanol–water partition coefficient (Wildman–Crippen LogP) is 7.08. The van der Waals surface area contributed by atoms with Crippen LogP contribution in [-0.2, 0) is 6.42 Å². The molecule has 0 fully saturated rings. The van der Waals surface area contributed by atoms with Gasteiger partial charge in [0.15, 0.2) is 23.0 Å². The maximum absolute atomic E-state index is 5.71. The van der Waals surface area contributed by atoms with Crippen molar-refractivity contribution in [3.63, 3.8) is 0 Å². The molecular formula is C30H30O4. The Labute approximate surface area is 201 Å². The number of benzene rings is 4. The third-order valence-electron chi connectivity index (χ3n) is 6.31. The van der Waals surface area contributed by atoms with E-state index in [0.717, 1.165) is 39.4 Å². The van der Waals surface area contributed by atoms with E-state index in [2.05, 4.69) is 62.0 Å². The zero-order chi connectivity index (χ0) is 24.2. The number of aryl methyl sites for hydroxylation is 1. The Bertz CT molecular complexity index is 1340. The molecule has 4 heteroatoms. The van der Waals surface area contributed by atoms with Crippen molar-refractivity contribution in [2.45, 2.75) is 13.3 Å². The van der Waals surface area contributed by atoms with E-state index in [4.69, 9.17) is 18.9 Å². The summed E-state index contributed by atoms with van der Waals surface area (Å²) in [5, 5.41) is 2.26. The largest absolute Gasteiger partial charge is 0.493 e. The molecule has 4 nitrogen and oxygen atoms in total. The van der Waals surface area contributed by atoms with E-state index in [0.29, 0.717) is 23.0 Å². The molecule has 0 unspecified atom stereocenters. The van der Waals surface area contributed by atoms with Crippen LogP contribution in [0.2, 0.25) is 0 Å². The van der Waals surface area contributed by atoms with Gasteiger partial charge in [-0.3, -0.25) is 0 Å². The van der Waals surface area contributed by atoms with Crippen molar-refractivity contribution in [1.29, 1.82) is 0 Å². The Hall–Kier alpha value is -3.92. The molecule has 0 aliphatic carbocycles. The standard InChI is InChI=1S/C30H30O4/c1-7-22-23(13-14-27(31-3)30(22)34-6)24-16-21(15-20-11-9-8-10-12-20)26-18-29(33-5)28(32-4)17-25(26)19(24)2/h7-14,16-18H,1,15H2,2-6H3. The fraction of sp³-hybridized carbons (Fsp3) is 0.200. The topological polar surface area (TPSA) is 36.9 Å². The van der Waals surface area contributed by atoms with Gasteiger partial charge < -0.3 is 18.9 Å². The quantitative estimate of drug-likeness (QED) is 0.285. The van der Waals surface area contributed by atoms with Crippen LogP contribution >= 0.6 is 0 Å². The minimum atomic E-state index is 0.673. The molecule has 0 N–H and O–H groups in total. The summed E-state index contributed by atoms with van der Waals surface area (Å²) in [6, 6.07) is 20.9. The lowest BCUT2D eigenvalue weighted by molar-refractivity contribution is 0.354. The van der Waals surface area contributed by atoms with Crippen LogP contribution < -0.4 is 18.9 Å². The van der Waals surface area contributed by atoms with E-state index >= 15 is 0 Å². The minimum absolute atomic E-state index is 0.673. The summed E-state index contributed by atoms with van der Waals surface area (Å²) in [5.41, 5.74) is 6.63. The van der Waals surface area contributed by atoms with Crippen LogP contribution in [0.25, 0.3) is 28.0 Å². The molecule has 34 heavy (non-hydrogen) atoms. The SMILES string of the molecule is C=Cc1c(-c2cc(Cc3ccccc3)c3cc(OC)c(OC)cc3c2C)ccc(OC)c1OC. The number of rotatable bonds is 8. The van der Waals surface area contributed by atoms with Gasteiger partial charge in [0, 0.05) is 5.56 Å². The highest BCUT2D eigenvalue weighted by Crippen LogP contribution is 2.44. The molecule has 4 aromatic rings. The normalized spacial score (nSPS) is 10.7. The summed E-state index contributed by atoms with van der Waals surface area (Å²) < 4.78 is 22.5. The van der Waals surface area contributed by atoms with Gasteiger partial charge in [-0.15, -0.1) is 0 Å². The molecule has 0 bridgehead atoms. The zero-order valence-corrected chi connectivity index (χ0v) is 20.4. The highest BCUT2D eigenvalue weighted by atomic mass is 16.5. The van der Waals surface area contributed by atoms with Gasteiger partial charge in [-0.1, -0.05) is 43.0 Å². The molecule has 0 aliphatic rings. The lowest BCUT2D eigenvalue weighted by atomic mass is 9.87. The Morgan fingerprint density at radius 1 is 0.706 bits per heavy atom. The van der Waals surface area contributed by atoms with E-state index in [1.165, 1.54) is 11.1 Å². The Kier molecular flexibility index (Phi) is 6.78. The molecule has 0 spiro atoms. The lowest BCUT2D eigenvalue weighted by Crippen LogP contribution is -2.00. The average molecular weight is 455 g/mol. The summed E-state index contributed by atoms with van der Waals surface area (Å²) in [4.78, 5) is 0. The highest BCUT2D eigenvalue weighted by molar-refractivity contribution is 5.98. The molecule has 4 aromatic carbocycles. The highest BCUT2D eigenvalue weighted by Gasteiger charge is 2.19. The first kappa shape index (κ1) is 23.2. The van der Waals surface area contributed by atoms with Crippen LogP contribution in [0.5, 0.6) is 23.0 Å². The molecule has 0 amide bonds. The number of fused-ring (bicyclic) bond motifs is 1. The van der Waals surface area contributed by atoms with Crippen molar-refractivity contribution in [3.8, 4) is 34.1 Å². The third kappa shape index (κ3) is 4.08. The smallest absolute Gasteiger partial charge is 0.168 e. The van der Waals surface area contributed by atoms with Crippen LogP contribution in [0.15, 0.2) is 67.2 Å². The molecular weight excluding hydrogens is 424 g/mol. The monoisotopic (exact) mass is 454 g/mol. The van der Waals surface area contributed by atoms with Crippen molar-refractivity contribution in [1.82, 2.24) is 0 Å². The van der Waals surface area contributed by atoms with Crippen molar-refractivity contribution in [3.05, 3.63) is 89.5 Å². The van der Waals surface area contributed by atoms with Crippen LogP contribution in [0.4, 0.5) is 0 Å². The molecule has 0 radical (unpaired) electrons. The molecule has 0 atom stereocenters. The Morgan fingerprint density at radius 2 is 1.35 bits per heavy atom. The van der Waals surface area contributed by atoms with E-state index in [-0.39, 0.29) is 0 Å². The van der Waals surface area contributed by atoms with Gasteiger partial charge in [-0.2, -0.15) is 0 Å². The third-order valence-corrected chi connectivity index (χ3v) is 6.31. The van der Waals surface area contributed by atoms with Gasteiger partial charge in [0.05, 0.1) is 28.4 Å². The number of ether oxygens (including phenoxy) is 4. The van der Waals surface area contributed by atoms with Gasteiger partial charge in [-0.05, 0) is 82.3 Å². The average Bonchev–Trinajstić information content (AvgIpc) is 2.89. The minimum Gasteiger partial charge on any atom is -0.493 e. The molecule has 0 saturated carbocycles. The van der Waals surface area contributed by atoms with E-state index in [1.54, 1.807) is 28.4 Å². The van der Waals surface area contributed by atoms with Crippen molar-refractivity contribution < 1.29 is 18.9 Å². The summed E-state index contributed by atoms with van der Waals surface area (Å²) in [7, 11) is 6.63. The van der Waals surface area contributed by atoms with Gasteiger partial charge >= 0.3 is 0 Å². The first-order chi connectivity index (χ1) is 16.6. The second-order valence-corrected chi connectivity index (χ2v) is 8.09. The van der Waals surface area contributed by atoms with Gasteiger partial charge in [0.1, 0.15) is 0 Å². The predicted molar refractivity (Wildman–Crippen MR) is 140 cm³/mol. The van der Waals surface area contributed by atoms with E-state index in [9.17, 15) is 0 Å². The lowest BCUT2D eigenvalue weighted by Gasteiger charge is -2.20. The fourth-order valence-corrected chi connectivity index (χ4v) is 4.59. The van der Waals surface area contributed by atoms with Crippen LogP contribution in [0.3, 0.4) is 0 Å². The molecule has 0 aliphatic heterocycles. The number of methoxy groups -OCH3 is 4. The maximum atomic E-state index is 5.71. The van der Waals surface area contributed by atoms with Crippen LogP contribution in [0, 0.1) is 6.92 Å². The summed E-state index contributed by atoms with van der Waals surface area (Å²) in [6.07, 6.45) is 2.61. The second-order valence-electron chi connectivity index (χ2n) is 8.09. The molecule has 4 rings (SSSR count). The fourth-order valence-electron chi connectivity index (χ4n) is 4.59. The molecule has 174 valence electrons. The van der Waals surface area contributed by atoms with E-state index < -0.39 is 0 Å². The first-order valence-electron chi connectivity index (χ1n) is 11.2.